The number of piperazine rings is 1. The molecule has 1 N–H and O–H groups in total. The molecule has 0 spiro atoms. The number of nitrogens with zero attached hydrogens (tertiary/aromatic N) is 5. The van der Waals surface area contributed by atoms with Crippen LogP contribution in [0.3, 0.4) is 0 Å². The number of nitrogens with one attached hydrogen (secondary N) is 1. The van der Waals surface area contributed by atoms with E-state index in [0.29, 0.717) is 12.1 Å². The Morgan fingerprint density at radius 1 is 1.04 bits per heavy atom. The minimum absolute atomic E-state index is 0.134. The quantitative estimate of drug-likeness (QED) is 0.787. The van der Waals surface area contributed by atoms with Gasteiger partial charge in [0.2, 0.25) is 16.0 Å². The average Bonchev–Trinajstić information content (AvgIpc) is 2.68. The van der Waals surface area contributed by atoms with Crippen molar-refractivity contribution in [2.45, 2.75) is 19.8 Å². The van der Waals surface area contributed by atoms with E-state index in [1.165, 1.54) is 0 Å². The summed E-state index contributed by atoms with van der Waals surface area (Å²) in [6, 6.07) is 5.42. The Morgan fingerprint density at radius 3 is 2.35 bits per heavy atom. The van der Waals surface area contributed by atoms with E-state index in [4.69, 9.17) is 0 Å². The lowest BCUT2D eigenvalue weighted by Crippen LogP contribution is -2.47. The molecule has 0 unspecified atom stereocenters. The molecule has 0 amide bonds. The molecule has 2 aromatic rings. The summed E-state index contributed by atoms with van der Waals surface area (Å²) < 4.78 is 26.5. The van der Waals surface area contributed by atoms with E-state index in [0.717, 1.165) is 44.4 Å². The highest BCUT2D eigenvalue weighted by Crippen LogP contribution is 2.18. The first-order valence-corrected chi connectivity index (χ1v) is 10.5. The fourth-order valence-corrected chi connectivity index (χ4v) is 4.04. The Balaban J connectivity index is 1.56. The Bertz CT molecular complexity index is 790. The second-order valence-electron chi connectivity index (χ2n) is 6.20. The van der Waals surface area contributed by atoms with Crippen molar-refractivity contribution in [3.05, 3.63) is 36.8 Å². The molecule has 3 heterocycles. The minimum Gasteiger partial charge on any atom is -0.353 e. The van der Waals surface area contributed by atoms with E-state index in [1.54, 1.807) is 24.7 Å². The zero-order valence-electron chi connectivity index (χ0n) is 14.9. The fourth-order valence-electron chi connectivity index (χ4n) is 2.79. The van der Waals surface area contributed by atoms with Gasteiger partial charge < -0.3 is 9.80 Å². The molecule has 0 aliphatic carbocycles. The maximum Gasteiger partial charge on any atom is 0.232 e. The van der Waals surface area contributed by atoms with Crippen LogP contribution in [-0.4, -0.2) is 55.3 Å². The molecular weight excluding hydrogens is 352 g/mol. The molecule has 1 aliphatic rings. The zero-order chi connectivity index (χ0) is 18.4. The van der Waals surface area contributed by atoms with Crippen LogP contribution in [0.15, 0.2) is 36.8 Å². The maximum atomic E-state index is 11.9. The molecule has 1 aliphatic heterocycles. The Labute approximate surface area is 154 Å². The van der Waals surface area contributed by atoms with Gasteiger partial charge >= 0.3 is 0 Å². The van der Waals surface area contributed by atoms with Crippen molar-refractivity contribution in [2.24, 2.45) is 0 Å². The van der Waals surface area contributed by atoms with Crippen LogP contribution in [0.4, 0.5) is 17.5 Å². The lowest BCUT2D eigenvalue weighted by molar-refractivity contribution is 0.598. The summed E-state index contributed by atoms with van der Waals surface area (Å²) in [5.74, 6) is 1.72. The monoisotopic (exact) mass is 376 g/mol. The number of anilines is 3. The molecule has 2 aromatic heterocycles. The molecule has 0 saturated carbocycles. The van der Waals surface area contributed by atoms with Crippen LogP contribution in [0.1, 0.15) is 19.8 Å². The molecule has 0 bridgehead atoms. The van der Waals surface area contributed by atoms with Crippen LogP contribution in [-0.2, 0) is 10.0 Å². The lowest BCUT2D eigenvalue weighted by Gasteiger charge is -2.35. The zero-order valence-corrected chi connectivity index (χ0v) is 15.7. The van der Waals surface area contributed by atoms with E-state index >= 15 is 0 Å². The van der Waals surface area contributed by atoms with Crippen LogP contribution < -0.4 is 14.5 Å². The van der Waals surface area contributed by atoms with E-state index in [9.17, 15) is 8.42 Å². The highest BCUT2D eigenvalue weighted by atomic mass is 32.2. The molecule has 0 radical (unpaired) electrons. The number of pyridine rings is 1. The van der Waals surface area contributed by atoms with Crippen LogP contribution in [0.25, 0.3) is 0 Å². The van der Waals surface area contributed by atoms with Gasteiger partial charge in [0.05, 0.1) is 17.6 Å². The van der Waals surface area contributed by atoms with Crippen molar-refractivity contribution in [1.82, 2.24) is 15.0 Å². The Kier molecular flexibility index (Phi) is 5.87. The molecular formula is C17H24N6O2S. The summed E-state index contributed by atoms with van der Waals surface area (Å²) in [4.78, 5) is 17.3. The van der Waals surface area contributed by atoms with E-state index in [2.05, 4.69) is 29.5 Å². The van der Waals surface area contributed by atoms with Crippen LogP contribution in [0, 0.1) is 0 Å². The van der Waals surface area contributed by atoms with Crippen molar-refractivity contribution in [2.75, 3.05) is 46.5 Å². The summed E-state index contributed by atoms with van der Waals surface area (Å²) in [6.07, 6.45) is 6.56. The SMILES string of the molecule is CCCCS(=O)(=O)Nc1ccc(N2CCN(c3ncccn3)CC2)nc1. The largest absolute Gasteiger partial charge is 0.353 e. The molecule has 9 heteroatoms. The van der Waals surface area contributed by atoms with Gasteiger partial charge in [0.1, 0.15) is 5.82 Å². The molecule has 0 atom stereocenters. The van der Waals surface area contributed by atoms with E-state index < -0.39 is 10.0 Å². The van der Waals surface area contributed by atoms with Gasteiger partial charge in [-0.05, 0) is 24.6 Å². The van der Waals surface area contributed by atoms with Gasteiger partial charge in [-0.25, -0.2) is 23.4 Å². The highest BCUT2D eigenvalue weighted by Gasteiger charge is 2.20. The summed E-state index contributed by atoms with van der Waals surface area (Å²) in [6.45, 7) is 5.23. The summed E-state index contributed by atoms with van der Waals surface area (Å²) >= 11 is 0. The lowest BCUT2D eigenvalue weighted by atomic mass is 10.3. The van der Waals surface area contributed by atoms with Crippen molar-refractivity contribution in [3.63, 3.8) is 0 Å². The molecule has 8 nitrogen and oxygen atoms in total. The van der Waals surface area contributed by atoms with Crippen LogP contribution in [0.2, 0.25) is 0 Å². The number of sulfonamides is 1. The van der Waals surface area contributed by atoms with E-state index in [-0.39, 0.29) is 5.75 Å². The van der Waals surface area contributed by atoms with Gasteiger partial charge in [-0.1, -0.05) is 13.3 Å². The first kappa shape index (κ1) is 18.4. The van der Waals surface area contributed by atoms with Crippen LogP contribution in [0.5, 0.6) is 0 Å². The standard InChI is InChI=1S/C17H24N6O2S/c1-2-3-13-26(24,25)21-15-5-6-16(20-14-15)22-9-11-23(12-10-22)17-18-7-4-8-19-17/h4-8,14,21H,2-3,9-13H2,1H3. The smallest absolute Gasteiger partial charge is 0.232 e. The number of hydrogen-bond acceptors (Lipinski definition) is 7. The highest BCUT2D eigenvalue weighted by molar-refractivity contribution is 7.92. The number of aromatic nitrogens is 3. The van der Waals surface area contributed by atoms with E-state index in [1.807, 2.05) is 19.1 Å². The topological polar surface area (TPSA) is 91.3 Å². The maximum absolute atomic E-state index is 11.9. The molecule has 3 rings (SSSR count). The first-order valence-electron chi connectivity index (χ1n) is 8.81. The van der Waals surface area contributed by atoms with Gasteiger partial charge in [0.25, 0.3) is 0 Å². The second-order valence-corrected chi connectivity index (χ2v) is 8.04. The Hall–Kier alpha value is -2.42. The predicted molar refractivity (Wildman–Crippen MR) is 103 cm³/mol. The number of unbranched alkanes of at least 4 members (excludes halogenated alkanes) is 1. The number of rotatable bonds is 7. The average molecular weight is 376 g/mol. The van der Waals surface area contributed by atoms with Crippen molar-refractivity contribution >= 4 is 27.5 Å². The number of hydrogen-bond donors (Lipinski definition) is 1. The third kappa shape index (κ3) is 4.81. The van der Waals surface area contributed by atoms with Gasteiger partial charge in [0, 0.05) is 38.6 Å². The third-order valence-corrected chi connectivity index (χ3v) is 5.60. The summed E-state index contributed by atoms with van der Waals surface area (Å²) in [7, 11) is -3.30. The van der Waals surface area contributed by atoms with Gasteiger partial charge in [-0.15, -0.1) is 0 Å². The van der Waals surface area contributed by atoms with Gasteiger partial charge in [-0.3, -0.25) is 4.72 Å². The third-order valence-electron chi connectivity index (χ3n) is 4.23. The molecule has 1 fully saturated rings. The minimum atomic E-state index is -3.30. The van der Waals surface area contributed by atoms with Crippen LogP contribution >= 0.6 is 0 Å². The molecule has 26 heavy (non-hydrogen) atoms. The molecule has 0 aromatic carbocycles. The molecule has 140 valence electrons. The summed E-state index contributed by atoms with van der Waals surface area (Å²) in [5, 5.41) is 0. The fraction of sp³-hybridized carbons (Fsp3) is 0.471. The molecule has 1 saturated heterocycles. The van der Waals surface area contributed by atoms with Crippen molar-refractivity contribution in [1.29, 1.82) is 0 Å². The first-order chi connectivity index (χ1) is 12.6. The predicted octanol–water partition coefficient (Wildman–Crippen LogP) is 1.74. The van der Waals surface area contributed by atoms with Crippen molar-refractivity contribution in [3.8, 4) is 0 Å². The van der Waals surface area contributed by atoms with Crippen molar-refractivity contribution < 1.29 is 8.42 Å². The summed E-state index contributed by atoms with van der Waals surface area (Å²) in [5.41, 5.74) is 0.501. The Morgan fingerprint density at radius 2 is 1.73 bits per heavy atom. The van der Waals surface area contributed by atoms with Gasteiger partial charge in [-0.2, -0.15) is 0 Å². The van der Waals surface area contributed by atoms with Gasteiger partial charge in [0.15, 0.2) is 0 Å². The normalized spacial score (nSPS) is 15.1. The second kappa shape index (κ2) is 8.31.